The predicted molar refractivity (Wildman–Crippen MR) is 156 cm³/mol. The zero-order valence-corrected chi connectivity index (χ0v) is 22.8. The molecule has 3 N–H and O–H groups in total. The maximum atomic E-state index is 12.9. The van der Waals surface area contributed by atoms with Crippen molar-refractivity contribution >= 4 is 34.4 Å². The molecular formula is C31H33N7O2. The first kappa shape index (κ1) is 25.7. The molecule has 0 atom stereocenters. The highest BCUT2D eigenvalue weighted by Crippen LogP contribution is 2.35. The predicted octanol–water partition coefficient (Wildman–Crippen LogP) is 5.16. The lowest BCUT2D eigenvalue weighted by atomic mass is 10.0. The van der Waals surface area contributed by atoms with Gasteiger partial charge in [-0.25, -0.2) is 14.6 Å². The molecule has 0 radical (unpaired) electrons. The van der Waals surface area contributed by atoms with Crippen LogP contribution in [-0.4, -0.2) is 49.6 Å². The molecule has 1 aliphatic carbocycles. The van der Waals surface area contributed by atoms with Crippen molar-refractivity contribution in [1.29, 1.82) is 0 Å². The van der Waals surface area contributed by atoms with Crippen LogP contribution in [0.1, 0.15) is 54.6 Å². The van der Waals surface area contributed by atoms with E-state index in [9.17, 15) is 9.59 Å². The number of allylic oxidation sites excluding steroid dienone is 1. The van der Waals surface area contributed by atoms with Gasteiger partial charge < -0.3 is 16.0 Å². The first-order valence-corrected chi connectivity index (χ1v) is 13.8. The molecule has 9 heteroatoms. The second-order valence-corrected chi connectivity index (χ2v) is 10.9. The third-order valence-corrected chi connectivity index (χ3v) is 7.79. The number of nitrogens with one attached hydrogen (secondary N) is 1. The summed E-state index contributed by atoms with van der Waals surface area (Å²) in [4.78, 5) is 36.3. The van der Waals surface area contributed by atoms with Gasteiger partial charge in [0.1, 0.15) is 17.8 Å². The van der Waals surface area contributed by atoms with Crippen molar-refractivity contribution in [3.8, 4) is 11.3 Å². The van der Waals surface area contributed by atoms with Crippen LogP contribution >= 0.6 is 0 Å². The van der Waals surface area contributed by atoms with E-state index >= 15 is 0 Å². The Morgan fingerprint density at radius 3 is 2.35 bits per heavy atom. The molecule has 204 valence electrons. The largest absolute Gasteiger partial charge is 0.383 e. The minimum absolute atomic E-state index is 0.0930. The number of rotatable bonds is 6. The lowest BCUT2D eigenvalue weighted by Crippen LogP contribution is -2.39. The van der Waals surface area contributed by atoms with Crippen LogP contribution in [0.2, 0.25) is 0 Å². The number of nitrogens with two attached hydrogens (primary N) is 1. The Hall–Kier alpha value is -4.53. The van der Waals surface area contributed by atoms with Crippen molar-refractivity contribution in [3.63, 3.8) is 0 Å². The number of carbonyl (C=O) groups is 2. The van der Waals surface area contributed by atoms with Gasteiger partial charge in [-0.2, -0.15) is 5.10 Å². The molecule has 3 heterocycles. The lowest BCUT2D eigenvalue weighted by Gasteiger charge is -2.32. The molecule has 6 rings (SSSR count). The summed E-state index contributed by atoms with van der Waals surface area (Å²) in [5, 5.41) is 8.63. The minimum Gasteiger partial charge on any atom is -0.383 e. The molecule has 2 aromatic carbocycles. The average Bonchev–Trinajstić information content (AvgIpc) is 3.70. The zero-order chi connectivity index (χ0) is 27.8. The molecule has 2 aromatic heterocycles. The number of nitrogens with zero attached hydrogens (tertiary/aromatic N) is 5. The van der Waals surface area contributed by atoms with Gasteiger partial charge in [0.15, 0.2) is 5.65 Å². The van der Waals surface area contributed by atoms with Crippen LogP contribution < -0.4 is 11.1 Å². The van der Waals surface area contributed by atoms with E-state index in [1.54, 1.807) is 0 Å². The van der Waals surface area contributed by atoms with E-state index in [1.165, 1.54) is 19.2 Å². The molecule has 0 unspecified atom stereocenters. The van der Waals surface area contributed by atoms with Crippen molar-refractivity contribution in [2.75, 3.05) is 24.1 Å². The SMILES string of the molecule is C/C(=C/C1CC1)C(=O)N1CCC(n2nc(-c3ccc(NC(=O)c4ccc(C)cc4)cc3)c3c(N)ncnc32)CC1. The average molecular weight is 536 g/mol. The smallest absolute Gasteiger partial charge is 0.255 e. The van der Waals surface area contributed by atoms with Gasteiger partial charge >= 0.3 is 0 Å². The van der Waals surface area contributed by atoms with Gasteiger partial charge in [0.2, 0.25) is 5.91 Å². The number of hydrogen-bond acceptors (Lipinski definition) is 6. The summed E-state index contributed by atoms with van der Waals surface area (Å²) in [7, 11) is 0. The molecule has 9 nitrogen and oxygen atoms in total. The van der Waals surface area contributed by atoms with Gasteiger partial charge in [0.05, 0.1) is 11.4 Å². The van der Waals surface area contributed by atoms with Gasteiger partial charge in [0.25, 0.3) is 5.91 Å². The molecule has 1 saturated carbocycles. The monoisotopic (exact) mass is 535 g/mol. The number of likely N-dealkylation sites (tertiary alicyclic amines) is 1. The summed E-state index contributed by atoms with van der Waals surface area (Å²) in [6.07, 6.45) is 7.54. The summed E-state index contributed by atoms with van der Waals surface area (Å²) in [5.41, 5.74) is 11.8. The van der Waals surface area contributed by atoms with Crippen molar-refractivity contribution < 1.29 is 9.59 Å². The Bertz CT molecular complexity index is 1590. The van der Waals surface area contributed by atoms with Gasteiger partial charge in [-0.05, 0) is 69.7 Å². The standard InChI is InChI=1S/C31H33N7O2/c1-19-3-7-23(8-4-19)30(39)35-24-11-9-22(10-12-24)27-26-28(32)33-18-34-29(26)38(36-27)25-13-15-37(16-14-25)31(40)20(2)17-21-5-6-21/h3-4,7-12,17-18,21,25H,5-6,13-16H2,1-2H3,(H,35,39)(H2,32,33,34)/b20-17-. The minimum atomic E-state index is -0.164. The third-order valence-electron chi connectivity index (χ3n) is 7.79. The number of carbonyl (C=O) groups excluding carboxylic acids is 2. The van der Waals surface area contributed by atoms with Crippen LogP contribution in [0.15, 0.2) is 66.5 Å². The molecule has 0 spiro atoms. The molecule has 2 amide bonds. The number of amides is 2. The summed E-state index contributed by atoms with van der Waals surface area (Å²) in [5.74, 6) is 0.927. The van der Waals surface area contributed by atoms with Gasteiger partial charge in [0, 0.05) is 35.5 Å². The number of hydrogen-bond donors (Lipinski definition) is 2. The third kappa shape index (κ3) is 5.19. The Morgan fingerprint density at radius 2 is 1.68 bits per heavy atom. The summed E-state index contributed by atoms with van der Waals surface area (Å²) in [6.45, 7) is 5.26. The quantitative estimate of drug-likeness (QED) is 0.329. The van der Waals surface area contributed by atoms with Crippen LogP contribution in [-0.2, 0) is 4.79 Å². The number of benzene rings is 2. The van der Waals surface area contributed by atoms with Crippen LogP contribution in [0.25, 0.3) is 22.3 Å². The van der Waals surface area contributed by atoms with Crippen LogP contribution in [0, 0.1) is 12.8 Å². The number of fused-ring (bicyclic) bond motifs is 1. The highest BCUT2D eigenvalue weighted by Gasteiger charge is 2.29. The van der Waals surface area contributed by atoms with E-state index in [-0.39, 0.29) is 17.9 Å². The highest BCUT2D eigenvalue weighted by molar-refractivity contribution is 6.04. The Balaban J connectivity index is 1.21. The topological polar surface area (TPSA) is 119 Å². The van der Waals surface area contributed by atoms with Gasteiger partial charge in [-0.1, -0.05) is 35.9 Å². The first-order chi connectivity index (χ1) is 19.4. The maximum Gasteiger partial charge on any atom is 0.255 e. The highest BCUT2D eigenvalue weighted by atomic mass is 16.2. The Kier molecular flexibility index (Phi) is 6.79. The van der Waals surface area contributed by atoms with E-state index in [4.69, 9.17) is 10.8 Å². The zero-order valence-electron chi connectivity index (χ0n) is 22.8. The summed E-state index contributed by atoms with van der Waals surface area (Å²) >= 11 is 0. The number of nitrogen functional groups attached to an aromatic ring is 1. The fourth-order valence-electron chi connectivity index (χ4n) is 5.32. The Labute approximate surface area is 233 Å². The van der Waals surface area contributed by atoms with E-state index in [0.717, 1.165) is 29.5 Å². The second-order valence-electron chi connectivity index (χ2n) is 10.9. The van der Waals surface area contributed by atoms with Crippen molar-refractivity contribution in [2.24, 2.45) is 5.92 Å². The van der Waals surface area contributed by atoms with E-state index in [1.807, 2.05) is 72.0 Å². The first-order valence-electron chi connectivity index (χ1n) is 13.8. The van der Waals surface area contributed by atoms with Gasteiger partial charge in [-0.15, -0.1) is 0 Å². The molecule has 1 aliphatic heterocycles. The fourth-order valence-corrected chi connectivity index (χ4v) is 5.32. The Morgan fingerprint density at radius 1 is 0.975 bits per heavy atom. The molecular weight excluding hydrogens is 502 g/mol. The number of aryl methyl sites for hydroxylation is 1. The van der Waals surface area contributed by atoms with Crippen LogP contribution in [0.5, 0.6) is 0 Å². The number of aromatic nitrogens is 4. The van der Waals surface area contributed by atoms with E-state index < -0.39 is 0 Å². The van der Waals surface area contributed by atoms with Crippen molar-refractivity contribution in [1.82, 2.24) is 24.6 Å². The number of piperidine rings is 1. The normalized spacial score (nSPS) is 16.4. The van der Waals surface area contributed by atoms with Gasteiger partial charge in [-0.3, -0.25) is 9.59 Å². The molecule has 1 saturated heterocycles. The summed E-state index contributed by atoms with van der Waals surface area (Å²) in [6, 6.07) is 15.1. The van der Waals surface area contributed by atoms with Crippen molar-refractivity contribution in [2.45, 2.75) is 45.6 Å². The maximum absolute atomic E-state index is 12.9. The molecule has 40 heavy (non-hydrogen) atoms. The lowest BCUT2D eigenvalue weighted by molar-refractivity contribution is -0.128. The summed E-state index contributed by atoms with van der Waals surface area (Å²) < 4.78 is 1.95. The fraction of sp³-hybridized carbons (Fsp3) is 0.323. The van der Waals surface area contributed by atoms with E-state index in [2.05, 4.69) is 21.4 Å². The molecule has 0 bridgehead atoms. The molecule has 4 aromatic rings. The van der Waals surface area contributed by atoms with Crippen LogP contribution in [0.4, 0.5) is 11.5 Å². The number of anilines is 2. The van der Waals surface area contributed by atoms with E-state index in [0.29, 0.717) is 52.8 Å². The van der Waals surface area contributed by atoms with Crippen LogP contribution in [0.3, 0.4) is 0 Å². The second kappa shape index (κ2) is 10.6. The van der Waals surface area contributed by atoms with Crippen molar-refractivity contribution in [3.05, 3.63) is 77.6 Å². The molecule has 2 aliphatic rings. The molecule has 2 fully saturated rings.